The second-order valence-electron chi connectivity index (χ2n) is 15.3. The lowest BCUT2D eigenvalue weighted by Gasteiger charge is -2.45. The molecule has 2 atom stereocenters. The van der Waals surface area contributed by atoms with Crippen molar-refractivity contribution in [2.75, 3.05) is 52.6 Å². The van der Waals surface area contributed by atoms with E-state index in [1.165, 1.54) is 22.3 Å². The van der Waals surface area contributed by atoms with Crippen LogP contribution in [0.15, 0.2) is 109 Å². The number of carbonyl (C=O) groups is 2. The van der Waals surface area contributed by atoms with Crippen LogP contribution in [0.2, 0.25) is 0 Å². The van der Waals surface area contributed by atoms with Gasteiger partial charge in [0.25, 0.3) is 0 Å². The number of unbranched alkanes of at least 4 members (excludes halogenated alkanes) is 3. The number of carbonyl (C=O) groups excluding carboxylic acids is 2. The largest absolute Gasteiger partial charge is 0.379 e. The van der Waals surface area contributed by atoms with Crippen LogP contribution in [0, 0.1) is 0 Å². The quantitative estimate of drug-likeness (QED) is 0.0711. The number of morpholine rings is 2. The topological polar surface area (TPSA) is 59.1 Å². The summed E-state index contributed by atoms with van der Waals surface area (Å²) < 4.78 is 11.6. The first-order valence-corrected chi connectivity index (χ1v) is 20.5. The zero-order valence-electron chi connectivity index (χ0n) is 32.6. The van der Waals surface area contributed by atoms with E-state index in [4.69, 9.17) is 9.47 Å². The first-order chi connectivity index (χ1) is 26.5. The molecule has 2 aliphatic rings. The molecule has 2 aliphatic heterocycles. The van der Waals surface area contributed by atoms with Crippen LogP contribution in [0.3, 0.4) is 0 Å². The van der Waals surface area contributed by atoms with Gasteiger partial charge in [-0.2, -0.15) is 0 Å². The van der Waals surface area contributed by atoms with Crippen LogP contribution in [0.4, 0.5) is 0 Å². The minimum absolute atomic E-state index is 0.213. The normalized spacial score (nSPS) is 17.7. The fraction of sp³-hybridized carbons (Fsp3) is 0.458. The van der Waals surface area contributed by atoms with Crippen LogP contribution in [0.1, 0.15) is 95.3 Å². The van der Waals surface area contributed by atoms with Gasteiger partial charge in [-0.15, -0.1) is 0 Å². The fourth-order valence-electron chi connectivity index (χ4n) is 8.75. The van der Waals surface area contributed by atoms with E-state index >= 15 is 0 Å². The van der Waals surface area contributed by atoms with Gasteiger partial charge in [-0.05, 0) is 60.8 Å². The van der Waals surface area contributed by atoms with Gasteiger partial charge in [-0.3, -0.25) is 19.4 Å². The van der Waals surface area contributed by atoms with Gasteiger partial charge < -0.3 is 9.47 Å². The van der Waals surface area contributed by atoms with E-state index in [1.54, 1.807) is 0 Å². The van der Waals surface area contributed by atoms with Crippen molar-refractivity contribution in [2.24, 2.45) is 0 Å². The maximum atomic E-state index is 14.9. The molecule has 0 radical (unpaired) electrons. The lowest BCUT2D eigenvalue weighted by molar-refractivity contribution is -0.0196. The van der Waals surface area contributed by atoms with Crippen molar-refractivity contribution in [3.8, 4) is 0 Å². The van der Waals surface area contributed by atoms with Crippen molar-refractivity contribution < 1.29 is 19.1 Å². The maximum Gasteiger partial charge on any atom is 0.183 e. The average molecular weight is 729 g/mol. The lowest BCUT2D eigenvalue weighted by atomic mass is 9.76. The molecule has 286 valence electrons. The summed E-state index contributed by atoms with van der Waals surface area (Å²) in [6, 6.07) is 37.6. The van der Waals surface area contributed by atoms with Gasteiger partial charge in [0.1, 0.15) is 0 Å². The monoisotopic (exact) mass is 728 g/mol. The Balaban J connectivity index is 1.23. The summed E-state index contributed by atoms with van der Waals surface area (Å²) in [5, 5.41) is 0. The maximum absolute atomic E-state index is 14.9. The predicted octanol–water partition coefficient (Wildman–Crippen LogP) is 8.85. The molecule has 0 bridgehead atoms. The number of ketones is 2. The number of ether oxygens (including phenoxy) is 2. The molecule has 6 heteroatoms. The van der Waals surface area contributed by atoms with Gasteiger partial charge in [0.15, 0.2) is 11.6 Å². The zero-order chi connectivity index (χ0) is 37.6. The Morgan fingerprint density at radius 1 is 0.481 bits per heavy atom. The molecule has 2 saturated heterocycles. The molecule has 2 fully saturated rings. The molecular weight excluding hydrogens is 669 g/mol. The van der Waals surface area contributed by atoms with Crippen LogP contribution >= 0.6 is 0 Å². The molecular formula is C48H60N2O4. The molecule has 0 aromatic heterocycles. The van der Waals surface area contributed by atoms with Gasteiger partial charge in [-0.1, -0.05) is 149 Å². The van der Waals surface area contributed by atoms with Crippen molar-refractivity contribution in [1.29, 1.82) is 0 Å². The predicted molar refractivity (Wildman–Crippen MR) is 219 cm³/mol. The molecule has 54 heavy (non-hydrogen) atoms. The van der Waals surface area contributed by atoms with Gasteiger partial charge in [0.2, 0.25) is 0 Å². The standard InChI is InChI=1S/C48H60N2O4/c1-3-39-19-23-43(24-20-39)45(51)47(49-29-33-53-34-30-49,37-41-15-9-7-10-16-41)27-13-5-6-14-28-48(50-31-35-54-36-32-50,38-42-17-11-8-12-18-42)46(52)44-25-21-40(4-2)22-26-44/h7-12,15-26H,3-6,13-14,27-38H2,1-2H3. The molecule has 2 unspecified atom stereocenters. The van der Waals surface area contributed by atoms with Crippen molar-refractivity contribution in [3.63, 3.8) is 0 Å². The molecule has 2 heterocycles. The first-order valence-electron chi connectivity index (χ1n) is 20.5. The van der Waals surface area contributed by atoms with Gasteiger partial charge in [0.05, 0.1) is 37.5 Å². The summed E-state index contributed by atoms with van der Waals surface area (Å²) in [5.41, 5.74) is 5.10. The molecule has 6 nitrogen and oxygen atoms in total. The minimum atomic E-state index is -0.662. The Morgan fingerprint density at radius 2 is 0.833 bits per heavy atom. The Hall–Kier alpha value is -3.94. The molecule has 0 amide bonds. The average Bonchev–Trinajstić information content (AvgIpc) is 3.25. The Labute approximate surface area is 323 Å². The van der Waals surface area contributed by atoms with Crippen LogP contribution in [-0.4, -0.2) is 85.1 Å². The second-order valence-corrected chi connectivity index (χ2v) is 15.3. The molecule has 0 N–H and O–H groups in total. The van der Waals surface area contributed by atoms with E-state index in [9.17, 15) is 9.59 Å². The highest BCUT2D eigenvalue weighted by atomic mass is 16.5. The van der Waals surface area contributed by atoms with E-state index in [2.05, 4.69) is 96.4 Å². The number of nitrogens with zero attached hydrogens (tertiary/aromatic N) is 2. The number of hydrogen-bond donors (Lipinski definition) is 0. The van der Waals surface area contributed by atoms with Crippen molar-refractivity contribution in [1.82, 2.24) is 9.80 Å². The minimum Gasteiger partial charge on any atom is -0.379 e. The SMILES string of the molecule is CCc1ccc(C(=O)C(CCCCCCC(Cc2ccccc2)(C(=O)c2ccc(CC)cc2)N2CCOCC2)(Cc2ccccc2)N2CCOCC2)cc1. The highest BCUT2D eigenvalue weighted by Gasteiger charge is 2.46. The van der Waals surface area contributed by atoms with Crippen LogP contribution < -0.4 is 0 Å². The Morgan fingerprint density at radius 3 is 1.17 bits per heavy atom. The fourth-order valence-corrected chi connectivity index (χ4v) is 8.75. The molecule has 0 saturated carbocycles. The summed E-state index contributed by atoms with van der Waals surface area (Å²) in [4.78, 5) is 34.6. The Bertz CT molecular complexity index is 1600. The number of benzene rings is 4. The first kappa shape index (κ1) is 39.7. The molecule has 4 aromatic carbocycles. The van der Waals surface area contributed by atoms with Crippen molar-refractivity contribution in [2.45, 2.75) is 89.1 Å². The highest BCUT2D eigenvalue weighted by Crippen LogP contribution is 2.35. The lowest BCUT2D eigenvalue weighted by Crippen LogP contribution is -2.59. The summed E-state index contributed by atoms with van der Waals surface area (Å²) >= 11 is 0. The van der Waals surface area contributed by atoms with Crippen LogP contribution in [-0.2, 0) is 35.2 Å². The van der Waals surface area contributed by atoms with E-state index in [1.807, 2.05) is 36.4 Å². The van der Waals surface area contributed by atoms with E-state index < -0.39 is 11.1 Å². The van der Waals surface area contributed by atoms with Gasteiger partial charge in [0, 0.05) is 37.3 Å². The third kappa shape index (κ3) is 9.64. The summed E-state index contributed by atoms with van der Waals surface area (Å²) in [6.07, 6.45) is 8.63. The number of aryl methyl sites for hydroxylation is 2. The van der Waals surface area contributed by atoms with Crippen LogP contribution in [0.5, 0.6) is 0 Å². The van der Waals surface area contributed by atoms with Crippen molar-refractivity contribution >= 4 is 11.6 Å². The summed E-state index contributed by atoms with van der Waals surface area (Å²) in [5.74, 6) is 0.426. The second kappa shape index (κ2) is 19.6. The van der Waals surface area contributed by atoms with E-state index in [-0.39, 0.29) is 11.6 Å². The van der Waals surface area contributed by atoms with Gasteiger partial charge in [-0.25, -0.2) is 0 Å². The summed E-state index contributed by atoms with van der Waals surface area (Å²) in [7, 11) is 0. The Kier molecular flexibility index (Phi) is 14.4. The van der Waals surface area contributed by atoms with Gasteiger partial charge >= 0.3 is 0 Å². The number of rotatable bonds is 19. The smallest absolute Gasteiger partial charge is 0.183 e. The van der Waals surface area contributed by atoms with E-state index in [0.717, 1.165) is 88.7 Å². The third-order valence-electron chi connectivity index (χ3n) is 11.9. The van der Waals surface area contributed by atoms with Crippen LogP contribution in [0.25, 0.3) is 0 Å². The molecule has 0 spiro atoms. The van der Waals surface area contributed by atoms with E-state index in [0.29, 0.717) is 39.3 Å². The zero-order valence-corrected chi connectivity index (χ0v) is 32.6. The highest BCUT2D eigenvalue weighted by molar-refractivity contribution is 6.04. The molecule has 0 aliphatic carbocycles. The summed E-state index contributed by atoms with van der Waals surface area (Å²) in [6.45, 7) is 9.83. The van der Waals surface area contributed by atoms with Crippen molar-refractivity contribution in [3.05, 3.63) is 143 Å². The number of hydrogen-bond acceptors (Lipinski definition) is 6. The molecule has 4 aromatic rings. The third-order valence-corrected chi connectivity index (χ3v) is 11.9. The number of Topliss-reactive ketones (excluding diaryl/α,β-unsaturated/α-hetero) is 2. The molecule has 6 rings (SSSR count).